The number of pyridine rings is 1. The van der Waals surface area contributed by atoms with E-state index in [1.807, 2.05) is 30.3 Å². The summed E-state index contributed by atoms with van der Waals surface area (Å²) in [5, 5.41) is 12.6. The van der Waals surface area contributed by atoms with E-state index >= 15 is 0 Å². The standard InChI is InChI=1S/C17H20N2O3/c1-11-8-12(2)19-17(22)15(11)16(21)18-10-14(20)9-13-6-4-3-5-7-13/h3-8,14,20H,9-10H2,1-2H3,(H,18,21)(H,19,22). The van der Waals surface area contributed by atoms with Gasteiger partial charge in [-0.25, -0.2) is 0 Å². The average molecular weight is 300 g/mol. The molecule has 3 N–H and O–H groups in total. The first-order valence-corrected chi connectivity index (χ1v) is 7.18. The maximum absolute atomic E-state index is 12.1. The minimum Gasteiger partial charge on any atom is -0.391 e. The molecule has 0 fully saturated rings. The van der Waals surface area contributed by atoms with Crippen molar-refractivity contribution in [3.05, 3.63) is 69.1 Å². The van der Waals surface area contributed by atoms with E-state index in [4.69, 9.17) is 0 Å². The number of aromatic amines is 1. The molecule has 0 aliphatic carbocycles. The summed E-state index contributed by atoms with van der Waals surface area (Å²) < 4.78 is 0. The molecule has 1 atom stereocenters. The molecule has 1 heterocycles. The third-order valence-corrected chi connectivity index (χ3v) is 3.40. The van der Waals surface area contributed by atoms with Crippen LogP contribution in [0.1, 0.15) is 27.2 Å². The predicted octanol–water partition coefficient (Wildman–Crippen LogP) is 1.33. The Labute approximate surface area is 129 Å². The highest BCUT2D eigenvalue weighted by atomic mass is 16.3. The van der Waals surface area contributed by atoms with Gasteiger partial charge in [0.2, 0.25) is 0 Å². The molecule has 0 spiro atoms. The number of aryl methyl sites for hydroxylation is 2. The van der Waals surface area contributed by atoms with E-state index in [1.165, 1.54) is 0 Å². The van der Waals surface area contributed by atoms with Crippen LogP contribution in [0, 0.1) is 13.8 Å². The van der Waals surface area contributed by atoms with Crippen LogP contribution >= 0.6 is 0 Å². The van der Waals surface area contributed by atoms with Crippen LogP contribution in [0.15, 0.2) is 41.2 Å². The molecule has 5 nitrogen and oxygen atoms in total. The van der Waals surface area contributed by atoms with Gasteiger partial charge in [-0.2, -0.15) is 0 Å². The molecule has 116 valence electrons. The van der Waals surface area contributed by atoms with E-state index in [0.717, 1.165) is 5.56 Å². The number of hydrogen-bond donors (Lipinski definition) is 3. The lowest BCUT2D eigenvalue weighted by molar-refractivity contribution is 0.0913. The van der Waals surface area contributed by atoms with Crippen LogP contribution in [0.4, 0.5) is 0 Å². The summed E-state index contributed by atoms with van der Waals surface area (Å²) in [6.45, 7) is 3.58. The minimum atomic E-state index is -0.698. The van der Waals surface area contributed by atoms with Gasteiger partial charge in [0.1, 0.15) is 5.56 Å². The summed E-state index contributed by atoms with van der Waals surface area (Å²) in [6.07, 6.45) is -0.249. The number of amides is 1. The molecule has 1 aromatic heterocycles. The molecule has 1 amide bonds. The second-order valence-corrected chi connectivity index (χ2v) is 5.39. The van der Waals surface area contributed by atoms with Gasteiger partial charge in [-0.15, -0.1) is 0 Å². The van der Waals surface area contributed by atoms with Crippen molar-refractivity contribution in [1.82, 2.24) is 10.3 Å². The Hall–Kier alpha value is -2.40. The van der Waals surface area contributed by atoms with Crippen LogP contribution in [0.5, 0.6) is 0 Å². The van der Waals surface area contributed by atoms with Crippen LogP contribution < -0.4 is 10.9 Å². The Balaban J connectivity index is 1.97. The zero-order valence-corrected chi connectivity index (χ0v) is 12.7. The van der Waals surface area contributed by atoms with E-state index in [1.54, 1.807) is 19.9 Å². The highest BCUT2D eigenvalue weighted by Gasteiger charge is 2.15. The summed E-state index contributed by atoms with van der Waals surface area (Å²) in [5.41, 5.74) is 2.01. The van der Waals surface area contributed by atoms with Crippen molar-refractivity contribution in [3.8, 4) is 0 Å². The third-order valence-electron chi connectivity index (χ3n) is 3.40. The molecule has 5 heteroatoms. The number of hydrogen-bond acceptors (Lipinski definition) is 3. The van der Waals surface area contributed by atoms with Gasteiger partial charge in [-0.05, 0) is 31.0 Å². The van der Waals surface area contributed by atoms with Crippen LogP contribution in [0.2, 0.25) is 0 Å². The van der Waals surface area contributed by atoms with Crippen LogP contribution in [-0.2, 0) is 6.42 Å². The number of carbonyl (C=O) groups excluding carboxylic acids is 1. The number of benzene rings is 1. The molecule has 1 aromatic carbocycles. The first-order valence-electron chi connectivity index (χ1n) is 7.18. The lowest BCUT2D eigenvalue weighted by Gasteiger charge is -2.12. The van der Waals surface area contributed by atoms with E-state index in [0.29, 0.717) is 17.7 Å². The number of carbonyl (C=O) groups is 1. The summed E-state index contributed by atoms with van der Waals surface area (Å²) in [5.74, 6) is -0.467. The molecule has 0 saturated carbocycles. The maximum Gasteiger partial charge on any atom is 0.261 e. The number of rotatable bonds is 5. The van der Waals surface area contributed by atoms with Gasteiger partial charge in [0.15, 0.2) is 0 Å². The van der Waals surface area contributed by atoms with Crippen molar-refractivity contribution in [2.75, 3.05) is 6.54 Å². The van der Waals surface area contributed by atoms with Crippen LogP contribution in [0.25, 0.3) is 0 Å². The molecule has 0 radical (unpaired) electrons. The van der Waals surface area contributed by atoms with Crippen LogP contribution in [0.3, 0.4) is 0 Å². The number of aromatic nitrogens is 1. The summed E-state index contributed by atoms with van der Waals surface area (Å²) in [7, 11) is 0. The van der Waals surface area contributed by atoms with Crippen molar-refractivity contribution in [1.29, 1.82) is 0 Å². The topological polar surface area (TPSA) is 82.2 Å². The van der Waals surface area contributed by atoms with E-state index < -0.39 is 17.6 Å². The highest BCUT2D eigenvalue weighted by molar-refractivity contribution is 5.95. The fraction of sp³-hybridized carbons (Fsp3) is 0.294. The SMILES string of the molecule is Cc1cc(C)c(C(=O)NCC(O)Cc2ccccc2)c(=O)[nH]1. The Morgan fingerprint density at radius 3 is 2.59 bits per heavy atom. The predicted molar refractivity (Wildman–Crippen MR) is 85.0 cm³/mol. The van der Waals surface area contributed by atoms with Gasteiger partial charge in [0, 0.05) is 18.7 Å². The summed E-state index contributed by atoms with van der Waals surface area (Å²) in [4.78, 5) is 26.6. The zero-order chi connectivity index (χ0) is 16.1. The number of aliphatic hydroxyl groups excluding tert-OH is 1. The second kappa shape index (κ2) is 7.04. The van der Waals surface area contributed by atoms with Crippen molar-refractivity contribution < 1.29 is 9.90 Å². The van der Waals surface area contributed by atoms with Gasteiger partial charge >= 0.3 is 0 Å². The molecule has 2 rings (SSSR count). The molecule has 0 aliphatic rings. The van der Waals surface area contributed by atoms with Gasteiger partial charge in [-0.3, -0.25) is 9.59 Å². The summed E-state index contributed by atoms with van der Waals surface area (Å²) in [6, 6.07) is 11.3. The molecule has 1 unspecified atom stereocenters. The quantitative estimate of drug-likeness (QED) is 0.779. The molecular formula is C17H20N2O3. The third kappa shape index (κ3) is 4.05. The lowest BCUT2D eigenvalue weighted by atomic mass is 10.1. The van der Waals surface area contributed by atoms with E-state index in [9.17, 15) is 14.7 Å². The Kier molecular flexibility index (Phi) is 5.12. The van der Waals surface area contributed by atoms with Crippen molar-refractivity contribution in [2.45, 2.75) is 26.4 Å². The molecule has 0 saturated heterocycles. The fourth-order valence-corrected chi connectivity index (χ4v) is 2.39. The van der Waals surface area contributed by atoms with E-state index in [2.05, 4.69) is 10.3 Å². The van der Waals surface area contributed by atoms with Gasteiger partial charge in [0.05, 0.1) is 6.10 Å². The first kappa shape index (κ1) is 16.0. The monoisotopic (exact) mass is 300 g/mol. The number of nitrogens with one attached hydrogen (secondary N) is 2. The van der Waals surface area contributed by atoms with E-state index in [-0.39, 0.29) is 12.1 Å². The Morgan fingerprint density at radius 1 is 1.27 bits per heavy atom. The first-order chi connectivity index (χ1) is 10.5. The normalized spacial score (nSPS) is 12.0. The van der Waals surface area contributed by atoms with Crippen molar-refractivity contribution in [2.24, 2.45) is 0 Å². The molecular weight excluding hydrogens is 280 g/mol. The van der Waals surface area contributed by atoms with Crippen molar-refractivity contribution in [3.63, 3.8) is 0 Å². The average Bonchev–Trinajstić information content (AvgIpc) is 2.45. The smallest absolute Gasteiger partial charge is 0.261 e. The Morgan fingerprint density at radius 2 is 1.95 bits per heavy atom. The number of aliphatic hydroxyl groups is 1. The largest absolute Gasteiger partial charge is 0.391 e. The highest BCUT2D eigenvalue weighted by Crippen LogP contribution is 2.05. The maximum atomic E-state index is 12.1. The van der Waals surface area contributed by atoms with Crippen LogP contribution in [-0.4, -0.2) is 28.6 Å². The molecule has 2 aromatic rings. The molecule has 22 heavy (non-hydrogen) atoms. The summed E-state index contributed by atoms with van der Waals surface area (Å²) >= 11 is 0. The minimum absolute atomic E-state index is 0.0949. The van der Waals surface area contributed by atoms with Gasteiger partial charge in [-0.1, -0.05) is 30.3 Å². The van der Waals surface area contributed by atoms with Gasteiger partial charge in [0.25, 0.3) is 11.5 Å². The lowest BCUT2D eigenvalue weighted by Crippen LogP contribution is -2.36. The molecule has 0 bridgehead atoms. The molecule has 0 aliphatic heterocycles. The zero-order valence-electron chi connectivity index (χ0n) is 12.7. The van der Waals surface area contributed by atoms with Crippen molar-refractivity contribution >= 4 is 5.91 Å². The second-order valence-electron chi connectivity index (χ2n) is 5.39. The number of H-pyrrole nitrogens is 1. The van der Waals surface area contributed by atoms with Gasteiger partial charge < -0.3 is 15.4 Å². The Bertz CT molecular complexity index is 708. The fourth-order valence-electron chi connectivity index (χ4n) is 2.39.